The van der Waals surface area contributed by atoms with Crippen LogP contribution in [0, 0.1) is 0 Å². The van der Waals surface area contributed by atoms with Crippen molar-refractivity contribution < 1.29 is 4.52 Å². The van der Waals surface area contributed by atoms with Gasteiger partial charge < -0.3 is 10.3 Å². The van der Waals surface area contributed by atoms with Crippen LogP contribution in [0.4, 0.5) is 5.95 Å². The molecule has 0 amide bonds. The standard InChI is InChI=1S/C11H12N6OS2/c12-10-14-11(16-15-10)20-6-2-4-8-13-9(17-18-8)7-3-1-5-19-7/h1,3,5H,2,4,6H2,(H3,12,14,15,16). The smallest absolute Gasteiger partial charge is 0.227 e. The molecule has 9 heteroatoms. The molecule has 3 N–H and O–H groups in total. The number of nitrogens with one attached hydrogen (secondary N) is 1. The minimum absolute atomic E-state index is 0.338. The zero-order valence-corrected chi connectivity index (χ0v) is 12.1. The van der Waals surface area contributed by atoms with Gasteiger partial charge in [0.2, 0.25) is 22.8 Å². The predicted molar refractivity (Wildman–Crippen MR) is 77.5 cm³/mol. The molecule has 3 aromatic heterocycles. The Bertz CT molecular complexity index is 662. The first-order valence-electron chi connectivity index (χ1n) is 5.98. The topological polar surface area (TPSA) is 107 Å². The quantitative estimate of drug-likeness (QED) is 0.531. The molecule has 104 valence electrons. The number of H-pyrrole nitrogens is 1. The number of anilines is 1. The van der Waals surface area contributed by atoms with Gasteiger partial charge in [-0.15, -0.1) is 16.4 Å². The number of nitrogens with two attached hydrogens (primary N) is 1. The van der Waals surface area contributed by atoms with Crippen LogP contribution < -0.4 is 5.73 Å². The number of hydrogen-bond acceptors (Lipinski definition) is 8. The third-order valence-corrected chi connectivity index (χ3v) is 4.26. The number of hydrogen-bond donors (Lipinski definition) is 2. The molecule has 0 aliphatic heterocycles. The first kappa shape index (κ1) is 13.1. The third-order valence-electron chi connectivity index (χ3n) is 2.46. The maximum atomic E-state index is 5.45. The molecule has 0 radical (unpaired) electrons. The van der Waals surface area contributed by atoms with Crippen molar-refractivity contribution in [2.75, 3.05) is 11.5 Å². The van der Waals surface area contributed by atoms with E-state index in [1.165, 1.54) is 0 Å². The van der Waals surface area contributed by atoms with E-state index in [-0.39, 0.29) is 0 Å². The van der Waals surface area contributed by atoms with Gasteiger partial charge in [-0.2, -0.15) is 9.97 Å². The Morgan fingerprint density at radius 3 is 3.10 bits per heavy atom. The van der Waals surface area contributed by atoms with E-state index in [2.05, 4.69) is 25.3 Å². The molecule has 0 saturated heterocycles. The Hall–Kier alpha value is -1.87. The SMILES string of the molecule is Nc1nc(SCCCc2nc(-c3cccs3)no2)n[nH]1. The highest BCUT2D eigenvalue weighted by Crippen LogP contribution is 2.22. The van der Waals surface area contributed by atoms with E-state index in [1.807, 2.05) is 17.5 Å². The van der Waals surface area contributed by atoms with Gasteiger partial charge in [0.15, 0.2) is 0 Å². The van der Waals surface area contributed by atoms with Gasteiger partial charge >= 0.3 is 0 Å². The molecule has 0 aliphatic rings. The zero-order valence-electron chi connectivity index (χ0n) is 10.4. The molecule has 0 unspecified atom stereocenters. The summed E-state index contributed by atoms with van der Waals surface area (Å²) < 4.78 is 5.22. The molecule has 0 spiro atoms. The molecule has 0 atom stereocenters. The number of aryl methyl sites for hydroxylation is 1. The number of rotatable bonds is 6. The average Bonchev–Trinajstić information content (AvgIpc) is 3.16. The van der Waals surface area contributed by atoms with E-state index in [1.54, 1.807) is 23.1 Å². The fraction of sp³-hybridized carbons (Fsp3) is 0.273. The van der Waals surface area contributed by atoms with Crippen molar-refractivity contribution in [2.24, 2.45) is 0 Å². The van der Waals surface area contributed by atoms with Crippen molar-refractivity contribution in [3.63, 3.8) is 0 Å². The molecule has 7 nitrogen and oxygen atoms in total. The number of thioether (sulfide) groups is 1. The minimum Gasteiger partial charge on any atom is -0.368 e. The monoisotopic (exact) mass is 308 g/mol. The highest BCUT2D eigenvalue weighted by atomic mass is 32.2. The fourth-order valence-corrected chi connectivity index (χ4v) is 2.97. The van der Waals surface area contributed by atoms with Gasteiger partial charge in [0, 0.05) is 12.2 Å². The summed E-state index contributed by atoms with van der Waals surface area (Å²) in [7, 11) is 0. The second kappa shape index (κ2) is 6.06. The number of aromatic amines is 1. The Labute approximate surface area is 123 Å². The van der Waals surface area contributed by atoms with Crippen LogP contribution in [0.5, 0.6) is 0 Å². The van der Waals surface area contributed by atoms with Crippen molar-refractivity contribution in [3.8, 4) is 10.7 Å². The summed E-state index contributed by atoms with van der Waals surface area (Å²) >= 11 is 3.14. The van der Waals surface area contributed by atoms with Crippen LogP contribution >= 0.6 is 23.1 Å². The highest BCUT2D eigenvalue weighted by molar-refractivity contribution is 7.99. The lowest BCUT2D eigenvalue weighted by Gasteiger charge is -1.93. The van der Waals surface area contributed by atoms with Gasteiger partial charge in [-0.25, -0.2) is 5.10 Å². The van der Waals surface area contributed by atoms with Crippen molar-refractivity contribution in [1.82, 2.24) is 25.3 Å². The van der Waals surface area contributed by atoms with Crippen molar-refractivity contribution >= 4 is 29.0 Å². The zero-order chi connectivity index (χ0) is 13.8. The van der Waals surface area contributed by atoms with E-state index in [0.717, 1.165) is 23.5 Å². The Kier molecular flexibility index (Phi) is 3.97. The second-order valence-corrected chi connectivity index (χ2v) is 5.95. The molecular formula is C11H12N6OS2. The van der Waals surface area contributed by atoms with E-state index >= 15 is 0 Å². The molecule has 0 fully saturated rings. The predicted octanol–water partition coefficient (Wildman–Crippen LogP) is 2.22. The number of nitrogens with zero attached hydrogens (tertiary/aromatic N) is 4. The first-order chi connectivity index (χ1) is 9.81. The van der Waals surface area contributed by atoms with Crippen molar-refractivity contribution in [3.05, 3.63) is 23.4 Å². The maximum Gasteiger partial charge on any atom is 0.227 e. The summed E-state index contributed by atoms with van der Waals surface area (Å²) in [5, 5.41) is 13.2. The van der Waals surface area contributed by atoms with E-state index in [9.17, 15) is 0 Å². The summed E-state index contributed by atoms with van der Waals surface area (Å²) in [4.78, 5) is 9.40. The first-order valence-corrected chi connectivity index (χ1v) is 7.85. The lowest BCUT2D eigenvalue weighted by molar-refractivity contribution is 0.378. The summed E-state index contributed by atoms with van der Waals surface area (Å²) in [5.41, 5.74) is 5.45. The fourth-order valence-electron chi connectivity index (χ4n) is 1.57. The molecule has 3 heterocycles. The lowest BCUT2D eigenvalue weighted by Crippen LogP contribution is -1.89. The van der Waals surface area contributed by atoms with Crippen LogP contribution in [0.3, 0.4) is 0 Å². The lowest BCUT2D eigenvalue weighted by atomic mass is 10.3. The summed E-state index contributed by atoms with van der Waals surface area (Å²) in [6.07, 6.45) is 1.65. The highest BCUT2D eigenvalue weighted by Gasteiger charge is 2.09. The molecule has 3 rings (SSSR count). The van der Waals surface area contributed by atoms with Gasteiger partial charge in [0.05, 0.1) is 4.88 Å². The van der Waals surface area contributed by atoms with E-state index in [0.29, 0.717) is 22.8 Å². The molecule has 0 bridgehead atoms. The van der Waals surface area contributed by atoms with Gasteiger partial charge in [0.1, 0.15) is 0 Å². The molecule has 0 aromatic carbocycles. The van der Waals surface area contributed by atoms with Crippen LogP contribution in [-0.4, -0.2) is 31.1 Å². The summed E-state index contributed by atoms with van der Waals surface area (Å²) in [6.45, 7) is 0. The average molecular weight is 308 g/mol. The number of thiophene rings is 1. The van der Waals surface area contributed by atoms with Crippen LogP contribution in [0.2, 0.25) is 0 Å². The van der Waals surface area contributed by atoms with Crippen molar-refractivity contribution in [1.29, 1.82) is 0 Å². The van der Waals surface area contributed by atoms with E-state index < -0.39 is 0 Å². The van der Waals surface area contributed by atoms with Gasteiger partial charge in [-0.1, -0.05) is 23.0 Å². The molecule has 3 aromatic rings. The van der Waals surface area contributed by atoms with Gasteiger partial charge in [0.25, 0.3) is 0 Å². The molecule has 0 aliphatic carbocycles. The Morgan fingerprint density at radius 2 is 2.35 bits per heavy atom. The molecular weight excluding hydrogens is 296 g/mol. The maximum absolute atomic E-state index is 5.45. The normalized spacial score (nSPS) is 11.0. The number of aromatic nitrogens is 5. The third kappa shape index (κ3) is 3.17. The van der Waals surface area contributed by atoms with Crippen LogP contribution in [0.25, 0.3) is 10.7 Å². The Morgan fingerprint density at radius 1 is 1.40 bits per heavy atom. The largest absolute Gasteiger partial charge is 0.368 e. The molecule has 0 saturated carbocycles. The van der Waals surface area contributed by atoms with Gasteiger partial charge in [-0.3, -0.25) is 0 Å². The number of nitrogen functional groups attached to an aromatic ring is 1. The van der Waals surface area contributed by atoms with E-state index in [4.69, 9.17) is 10.3 Å². The second-order valence-electron chi connectivity index (χ2n) is 3.94. The van der Waals surface area contributed by atoms with Crippen molar-refractivity contribution in [2.45, 2.75) is 18.0 Å². The molecule has 20 heavy (non-hydrogen) atoms. The summed E-state index contributed by atoms with van der Waals surface area (Å²) in [5.74, 6) is 2.52. The minimum atomic E-state index is 0.338. The summed E-state index contributed by atoms with van der Waals surface area (Å²) in [6, 6.07) is 3.94. The van der Waals surface area contributed by atoms with Gasteiger partial charge in [-0.05, 0) is 17.9 Å². The van der Waals surface area contributed by atoms with Crippen LogP contribution in [-0.2, 0) is 6.42 Å². The Balaban J connectivity index is 1.47. The van der Waals surface area contributed by atoms with Crippen LogP contribution in [0.15, 0.2) is 27.2 Å². The van der Waals surface area contributed by atoms with Crippen LogP contribution in [0.1, 0.15) is 12.3 Å².